The van der Waals surface area contributed by atoms with Gasteiger partial charge in [0.15, 0.2) is 11.5 Å². The maximum Gasteiger partial charge on any atom is 0.342 e. The predicted molar refractivity (Wildman–Crippen MR) is 94.9 cm³/mol. The van der Waals surface area contributed by atoms with Crippen molar-refractivity contribution in [3.63, 3.8) is 0 Å². The highest BCUT2D eigenvalue weighted by Gasteiger charge is 2.18. The van der Waals surface area contributed by atoms with Crippen LogP contribution in [-0.4, -0.2) is 47.6 Å². The Morgan fingerprint density at radius 2 is 1.31 bits per heavy atom. The zero-order valence-electron chi connectivity index (χ0n) is 15.2. The molecule has 2 aromatic carbocycles. The van der Waals surface area contributed by atoms with E-state index in [1.54, 1.807) is 37.4 Å². The van der Waals surface area contributed by atoms with Crippen LogP contribution >= 0.6 is 0 Å². The summed E-state index contributed by atoms with van der Waals surface area (Å²) in [6.07, 6.45) is 0. The van der Waals surface area contributed by atoms with Gasteiger partial charge >= 0.3 is 5.97 Å². The van der Waals surface area contributed by atoms with Crippen molar-refractivity contribution in [3.05, 3.63) is 42.0 Å². The molecular weight excluding hydrogens is 340 g/mol. The molecule has 0 N–H and O–H groups in total. The van der Waals surface area contributed by atoms with Gasteiger partial charge in [0.1, 0.15) is 36.0 Å². The molecule has 0 aliphatic carbocycles. The Kier molecular flexibility index (Phi) is 6.96. The second kappa shape index (κ2) is 9.41. The highest BCUT2D eigenvalue weighted by molar-refractivity contribution is 5.93. The van der Waals surface area contributed by atoms with E-state index in [0.29, 0.717) is 23.0 Å². The molecule has 0 aliphatic heterocycles. The van der Waals surface area contributed by atoms with Crippen molar-refractivity contribution in [2.24, 2.45) is 0 Å². The van der Waals surface area contributed by atoms with Crippen LogP contribution in [0.5, 0.6) is 28.7 Å². The van der Waals surface area contributed by atoms with E-state index < -0.39 is 5.97 Å². The maximum absolute atomic E-state index is 12.3. The van der Waals surface area contributed by atoms with Crippen LogP contribution in [0.4, 0.5) is 0 Å². The minimum Gasteiger partial charge on any atom is -0.497 e. The standard InChI is InChI=1S/C19H22O7/c1-21-13-5-7-14(8-6-13)25-9-10-26-19(20)15-11-17(23-3)18(24-4)12-16(15)22-2/h5-8,11-12H,9-10H2,1-4H3. The van der Waals surface area contributed by atoms with Crippen molar-refractivity contribution in [1.82, 2.24) is 0 Å². The molecule has 0 amide bonds. The maximum atomic E-state index is 12.3. The Morgan fingerprint density at radius 3 is 1.88 bits per heavy atom. The van der Waals surface area contributed by atoms with Gasteiger partial charge in [0, 0.05) is 12.1 Å². The number of esters is 1. The summed E-state index contributed by atoms with van der Waals surface area (Å²) in [4.78, 5) is 12.3. The van der Waals surface area contributed by atoms with Gasteiger partial charge in [0.2, 0.25) is 0 Å². The molecular formula is C19H22O7. The number of benzene rings is 2. The lowest BCUT2D eigenvalue weighted by atomic mass is 10.1. The summed E-state index contributed by atoms with van der Waals surface area (Å²) in [5, 5.41) is 0. The largest absolute Gasteiger partial charge is 0.497 e. The first-order valence-corrected chi connectivity index (χ1v) is 7.87. The number of ether oxygens (including phenoxy) is 6. The SMILES string of the molecule is COc1ccc(OCCOC(=O)c2cc(OC)c(OC)cc2OC)cc1. The van der Waals surface area contributed by atoms with E-state index in [2.05, 4.69) is 0 Å². The third-order valence-electron chi connectivity index (χ3n) is 3.57. The summed E-state index contributed by atoms with van der Waals surface area (Å²) in [6, 6.07) is 10.2. The van der Waals surface area contributed by atoms with Gasteiger partial charge in [0.25, 0.3) is 0 Å². The Labute approximate surface area is 152 Å². The van der Waals surface area contributed by atoms with Crippen LogP contribution in [0.25, 0.3) is 0 Å². The molecule has 0 spiro atoms. The van der Waals surface area contributed by atoms with Crippen LogP contribution < -0.4 is 23.7 Å². The average molecular weight is 362 g/mol. The minimum atomic E-state index is -0.541. The van der Waals surface area contributed by atoms with Gasteiger partial charge < -0.3 is 28.4 Å². The van der Waals surface area contributed by atoms with Crippen molar-refractivity contribution < 1.29 is 33.2 Å². The van der Waals surface area contributed by atoms with Gasteiger partial charge in [0.05, 0.1) is 28.4 Å². The van der Waals surface area contributed by atoms with Gasteiger partial charge in [-0.1, -0.05) is 0 Å². The molecule has 0 aromatic heterocycles. The van der Waals surface area contributed by atoms with Gasteiger partial charge in [-0.05, 0) is 24.3 Å². The van der Waals surface area contributed by atoms with Crippen LogP contribution in [-0.2, 0) is 4.74 Å². The first kappa shape index (κ1) is 19.2. The highest BCUT2D eigenvalue weighted by atomic mass is 16.6. The Balaban J connectivity index is 1.94. The molecule has 0 unspecified atom stereocenters. The number of hydrogen-bond acceptors (Lipinski definition) is 7. The second-order valence-corrected chi connectivity index (χ2v) is 5.07. The zero-order chi connectivity index (χ0) is 18.9. The number of carbonyl (C=O) groups is 1. The van der Waals surface area contributed by atoms with Crippen LogP contribution in [0.3, 0.4) is 0 Å². The van der Waals surface area contributed by atoms with Crippen molar-refractivity contribution >= 4 is 5.97 Å². The third-order valence-corrected chi connectivity index (χ3v) is 3.57. The van der Waals surface area contributed by atoms with E-state index in [4.69, 9.17) is 28.4 Å². The lowest BCUT2D eigenvalue weighted by Gasteiger charge is -2.13. The fourth-order valence-electron chi connectivity index (χ4n) is 2.23. The zero-order valence-corrected chi connectivity index (χ0v) is 15.2. The first-order chi connectivity index (χ1) is 12.6. The number of methoxy groups -OCH3 is 4. The Hall–Kier alpha value is -3.09. The number of carbonyl (C=O) groups excluding carboxylic acids is 1. The van der Waals surface area contributed by atoms with E-state index in [1.807, 2.05) is 0 Å². The fraction of sp³-hybridized carbons (Fsp3) is 0.316. The molecule has 7 heteroatoms. The summed E-state index contributed by atoms with van der Waals surface area (Å²) in [5.41, 5.74) is 0.245. The van der Waals surface area contributed by atoms with Crippen LogP contribution in [0.2, 0.25) is 0 Å². The monoisotopic (exact) mass is 362 g/mol. The van der Waals surface area contributed by atoms with E-state index >= 15 is 0 Å². The molecule has 0 saturated carbocycles. The molecule has 0 aliphatic rings. The molecule has 140 valence electrons. The van der Waals surface area contributed by atoms with Gasteiger partial charge in [-0.2, -0.15) is 0 Å². The summed E-state index contributed by atoms with van der Waals surface area (Å²) in [6.45, 7) is 0.302. The predicted octanol–water partition coefficient (Wildman–Crippen LogP) is 2.96. The first-order valence-electron chi connectivity index (χ1n) is 7.87. The molecule has 2 aromatic rings. The molecule has 0 radical (unpaired) electrons. The molecule has 0 fully saturated rings. The highest BCUT2D eigenvalue weighted by Crippen LogP contribution is 2.34. The number of hydrogen-bond donors (Lipinski definition) is 0. The van der Waals surface area contributed by atoms with Crippen molar-refractivity contribution in [2.75, 3.05) is 41.7 Å². The molecule has 0 saturated heterocycles. The van der Waals surface area contributed by atoms with Crippen molar-refractivity contribution in [3.8, 4) is 28.7 Å². The Morgan fingerprint density at radius 1 is 0.731 bits per heavy atom. The fourth-order valence-corrected chi connectivity index (χ4v) is 2.23. The summed E-state index contributed by atoms with van der Waals surface area (Å²) >= 11 is 0. The average Bonchev–Trinajstić information content (AvgIpc) is 2.70. The molecule has 7 nitrogen and oxygen atoms in total. The quantitative estimate of drug-likeness (QED) is 0.501. The lowest BCUT2D eigenvalue weighted by molar-refractivity contribution is 0.0446. The van der Waals surface area contributed by atoms with Crippen LogP contribution in [0.15, 0.2) is 36.4 Å². The van der Waals surface area contributed by atoms with Crippen LogP contribution in [0, 0.1) is 0 Å². The van der Waals surface area contributed by atoms with E-state index in [0.717, 1.165) is 5.75 Å². The topological polar surface area (TPSA) is 72.5 Å². The van der Waals surface area contributed by atoms with Gasteiger partial charge in [-0.25, -0.2) is 4.79 Å². The summed E-state index contributed by atoms with van der Waals surface area (Å²) < 4.78 is 31.5. The number of rotatable bonds is 9. The van der Waals surface area contributed by atoms with Crippen molar-refractivity contribution in [2.45, 2.75) is 0 Å². The molecule has 0 bridgehead atoms. The molecule has 2 rings (SSSR count). The Bertz CT molecular complexity index is 725. The van der Waals surface area contributed by atoms with E-state index in [-0.39, 0.29) is 18.8 Å². The molecule has 26 heavy (non-hydrogen) atoms. The summed E-state index contributed by atoms with van der Waals surface area (Å²) in [7, 11) is 6.05. The van der Waals surface area contributed by atoms with E-state index in [9.17, 15) is 4.79 Å². The smallest absolute Gasteiger partial charge is 0.342 e. The normalized spacial score (nSPS) is 10.0. The van der Waals surface area contributed by atoms with Gasteiger partial charge in [-0.15, -0.1) is 0 Å². The van der Waals surface area contributed by atoms with Crippen molar-refractivity contribution in [1.29, 1.82) is 0 Å². The van der Waals surface area contributed by atoms with E-state index in [1.165, 1.54) is 27.4 Å². The third kappa shape index (κ3) is 4.72. The minimum absolute atomic E-state index is 0.0857. The van der Waals surface area contributed by atoms with Crippen LogP contribution in [0.1, 0.15) is 10.4 Å². The second-order valence-electron chi connectivity index (χ2n) is 5.07. The molecule has 0 atom stereocenters. The molecule has 0 heterocycles. The lowest BCUT2D eigenvalue weighted by Crippen LogP contribution is -2.13. The summed E-state index contributed by atoms with van der Waals surface area (Å²) in [5.74, 6) is 2.07. The van der Waals surface area contributed by atoms with Gasteiger partial charge in [-0.3, -0.25) is 0 Å².